The molecule has 6 heteroatoms. The van der Waals surface area contributed by atoms with E-state index in [2.05, 4.69) is 13.8 Å². The molecule has 5 nitrogen and oxygen atoms in total. The molecule has 0 spiro atoms. The van der Waals surface area contributed by atoms with Crippen LogP contribution in [0.25, 0.3) is 0 Å². The van der Waals surface area contributed by atoms with Crippen molar-refractivity contribution in [3.63, 3.8) is 0 Å². The second-order valence-electron chi connectivity index (χ2n) is 7.22. The van der Waals surface area contributed by atoms with E-state index in [4.69, 9.17) is 0 Å². The first-order chi connectivity index (χ1) is 9.28. The minimum absolute atomic E-state index is 0.181. The van der Waals surface area contributed by atoms with Gasteiger partial charge in [-0.2, -0.15) is 0 Å². The van der Waals surface area contributed by atoms with Crippen molar-refractivity contribution in [3.8, 4) is 0 Å². The molecular formula is C14H24N2O3S. The molecular weight excluding hydrogens is 276 g/mol. The van der Waals surface area contributed by atoms with Crippen LogP contribution in [0.4, 0.5) is 0 Å². The number of rotatable bonds is 3. The summed E-state index contributed by atoms with van der Waals surface area (Å²) in [4.78, 5) is 16.4. The molecule has 0 aromatic heterocycles. The highest BCUT2D eigenvalue weighted by molar-refractivity contribution is 7.91. The minimum Gasteiger partial charge on any atom is -0.337 e. The molecule has 0 aromatic rings. The van der Waals surface area contributed by atoms with E-state index in [1.807, 2.05) is 9.80 Å². The average Bonchev–Trinajstić information content (AvgIpc) is 3.13. The van der Waals surface area contributed by atoms with Crippen molar-refractivity contribution in [3.05, 3.63) is 0 Å². The summed E-state index contributed by atoms with van der Waals surface area (Å²) in [6.07, 6.45) is 2.50. The number of carbonyl (C=O) groups is 1. The molecule has 2 saturated heterocycles. The van der Waals surface area contributed by atoms with Crippen LogP contribution in [0.2, 0.25) is 0 Å². The van der Waals surface area contributed by atoms with Gasteiger partial charge in [0.05, 0.1) is 18.1 Å². The number of nitrogens with zero attached hydrogens (tertiary/aromatic N) is 2. The van der Waals surface area contributed by atoms with Crippen LogP contribution in [0, 0.1) is 11.3 Å². The third kappa shape index (κ3) is 2.72. The lowest BCUT2D eigenvalue weighted by atomic mass is 9.72. The number of carbonyl (C=O) groups excluding carboxylic acids is 1. The molecule has 114 valence electrons. The Balaban J connectivity index is 1.55. The van der Waals surface area contributed by atoms with Crippen molar-refractivity contribution < 1.29 is 13.2 Å². The topological polar surface area (TPSA) is 57.7 Å². The Morgan fingerprint density at radius 3 is 2.30 bits per heavy atom. The summed E-state index contributed by atoms with van der Waals surface area (Å²) in [7, 11) is -2.86. The van der Waals surface area contributed by atoms with Gasteiger partial charge in [-0.1, -0.05) is 13.8 Å². The second kappa shape index (κ2) is 4.70. The molecule has 0 unspecified atom stereocenters. The highest BCUT2D eigenvalue weighted by atomic mass is 32.2. The van der Waals surface area contributed by atoms with Crippen LogP contribution in [0.15, 0.2) is 0 Å². The predicted molar refractivity (Wildman–Crippen MR) is 77.1 cm³/mol. The van der Waals surface area contributed by atoms with Gasteiger partial charge in [-0.15, -0.1) is 0 Å². The molecule has 2 heterocycles. The summed E-state index contributed by atoms with van der Waals surface area (Å²) in [6.45, 7) is 6.72. The average molecular weight is 300 g/mol. The molecule has 0 N–H and O–H groups in total. The number of hydrogen-bond donors (Lipinski definition) is 0. The number of sulfone groups is 1. The fourth-order valence-corrected chi connectivity index (χ4v) is 4.96. The van der Waals surface area contributed by atoms with Crippen LogP contribution in [0.5, 0.6) is 0 Å². The Hall–Kier alpha value is -0.620. The summed E-state index contributed by atoms with van der Waals surface area (Å²) in [5, 5.41) is 0. The van der Waals surface area contributed by atoms with Crippen molar-refractivity contribution in [1.82, 2.24) is 9.80 Å². The van der Waals surface area contributed by atoms with Crippen molar-refractivity contribution in [2.24, 2.45) is 11.3 Å². The van der Waals surface area contributed by atoms with Gasteiger partial charge in [0.2, 0.25) is 5.91 Å². The Labute approximate surface area is 121 Å². The molecule has 2 aliphatic heterocycles. The fourth-order valence-electron chi connectivity index (χ4n) is 3.68. The molecule has 1 aliphatic carbocycles. The lowest BCUT2D eigenvalue weighted by molar-refractivity contribution is -0.154. The first-order valence-electron chi connectivity index (χ1n) is 7.51. The standard InChI is InChI=1S/C14H24N2O3S/c1-14(2)10-16(13(14)11-3-4-11)12(17)9-15-5-7-20(18,19)8-6-15/h11,13H,3-10H2,1-2H3/t13-/m1/s1. The van der Waals surface area contributed by atoms with Crippen LogP contribution in [0.1, 0.15) is 26.7 Å². The first kappa shape index (κ1) is 14.3. The van der Waals surface area contributed by atoms with Crippen molar-refractivity contribution >= 4 is 15.7 Å². The lowest BCUT2D eigenvalue weighted by Gasteiger charge is -2.55. The summed E-state index contributed by atoms with van der Waals surface area (Å²) in [6, 6.07) is 0.406. The number of amides is 1. The zero-order valence-electron chi connectivity index (χ0n) is 12.3. The largest absolute Gasteiger partial charge is 0.337 e. The molecule has 0 radical (unpaired) electrons. The zero-order chi connectivity index (χ0) is 14.5. The fraction of sp³-hybridized carbons (Fsp3) is 0.929. The van der Waals surface area contributed by atoms with E-state index in [1.54, 1.807) is 0 Å². The molecule has 1 amide bonds. The first-order valence-corrected chi connectivity index (χ1v) is 9.33. The molecule has 3 aliphatic rings. The Morgan fingerprint density at radius 1 is 1.20 bits per heavy atom. The second-order valence-corrected chi connectivity index (χ2v) is 9.52. The molecule has 3 fully saturated rings. The maximum atomic E-state index is 12.4. The predicted octanol–water partition coefficient (Wildman–Crippen LogP) is 0.364. The van der Waals surface area contributed by atoms with Crippen molar-refractivity contribution in [2.45, 2.75) is 32.7 Å². The zero-order valence-corrected chi connectivity index (χ0v) is 13.2. The van der Waals surface area contributed by atoms with E-state index >= 15 is 0 Å². The van der Waals surface area contributed by atoms with Crippen LogP contribution in [-0.2, 0) is 14.6 Å². The van der Waals surface area contributed by atoms with E-state index in [0.29, 0.717) is 31.6 Å². The van der Waals surface area contributed by atoms with Gasteiger partial charge in [-0.3, -0.25) is 9.69 Å². The Morgan fingerprint density at radius 2 is 1.80 bits per heavy atom. The van der Waals surface area contributed by atoms with E-state index in [-0.39, 0.29) is 22.8 Å². The number of likely N-dealkylation sites (tertiary alicyclic amines) is 1. The molecule has 0 aromatic carbocycles. The maximum Gasteiger partial charge on any atom is 0.237 e. The third-order valence-electron chi connectivity index (χ3n) is 4.90. The van der Waals surface area contributed by atoms with Crippen molar-refractivity contribution in [1.29, 1.82) is 0 Å². The maximum absolute atomic E-state index is 12.4. The van der Waals surface area contributed by atoms with Gasteiger partial charge in [0.15, 0.2) is 9.84 Å². The SMILES string of the molecule is CC1(C)CN(C(=O)CN2CCS(=O)(=O)CC2)[C@@H]1C1CC1. The molecule has 1 atom stereocenters. The molecule has 1 saturated carbocycles. The van der Waals surface area contributed by atoms with E-state index in [9.17, 15) is 13.2 Å². The molecule has 20 heavy (non-hydrogen) atoms. The monoisotopic (exact) mass is 300 g/mol. The summed E-state index contributed by atoms with van der Waals surface area (Å²) < 4.78 is 22.8. The molecule has 0 bridgehead atoms. The lowest BCUT2D eigenvalue weighted by Crippen LogP contribution is -2.66. The van der Waals surface area contributed by atoms with Gasteiger partial charge in [0.25, 0.3) is 0 Å². The van der Waals surface area contributed by atoms with Gasteiger partial charge in [-0.05, 0) is 18.8 Å². The third-order valence-corrected chi connectivity index (χ3v) is 6.51. The Bertz CT molecular complexity index is 497. The smallest absolute Gasteiger partial charge is 0.237 e. The van der Waals surface area contributed by atoms with Gasteiger partial charge in [-0.25, -0.2) is 8.42 Å². The molecule has 3 rings (SSSR count). The highest BCUT2D eigenvalue weighted by Gasteiger charge is 2.54. The van der Waals surface area contributed by atoms with Gasteiger partial charge in [0.1, 0.15) is 0 Å². The van der Waals surface area contributed by atoms with Crippen LogP contribution in [-0.4, -0.2) is 67.9 Å². The number of hydrogen-bond acceptors (Lipinski definition) is 4. The van der Waals surface area contributed by atoms with Gasteiger partial charge in [0, 0.05) is 31.1 Å². The van der Waals surface area contributed by atoms with Gasteiger partial charge < -0.3 is 4.90 Å². The summed E-state index contributed by atoms with van der Waals surface area (Å²) in [5.74, 6) is 1.26. The van der Waals surface area contributed by atoms with E-state index in [0.717, 1.165) is 6.54 Å². The van der Waals surface area contributed by atoms with E-state index in [1.165, 1.54) is 12.8 Å². The minimum atomic E-state index is -2.86. The Kier molecular flexibility index (Phi) is 3.36. The summed E-state index contributed by atoms with van der Waals surface area (Å²) in [5.41, 5.74) is 0.252. The highest BCUT2D eigenvalue weighted by Crippen LogP contribution is 2.50. The quantitative estimate of drug-likeness (QED) is 0.755. The van der Waals surface area contributed by atoms with Crippen LogP contribution >= 0.6 is 0 Å². The normalized spacial score (nSPS) is 32.7. The summed E-state index contributed by atoms with van der Waals surface area (Å²) >= 11 is 0. The van der Waals surface area contributed by atoms with Crippen LogP contribution < -0.4 is 0 Å². The van der Waals surface area contributed by atoms with Gasteiger partial charge >= 0.3 is 0 Å². The van der Waals surface area contributed by atoms with Crippen LogP contribution in [0.3, 0.4) is 0 Å². The van der Waals surface area contributed by atoms with Crippen molar-refractivity contribution in [2.75, 3.05) is 37.7 Å². The van der Waals surface area contributed by atoms with E-state index < -0.39 is 9.84 Å².